The topological polar surface area (TPSA) is 55.6 Å². The summed E-state index contributed by atoms with van der Waals surface area (Å²) >= 11 is 0. The first-order valence-corrected chi connectivity index (χ1v) is 8.50. The average molecular weight is 322 g/mol. The predicted octanol–water partition coefficient (Wildman–Crippen LogP) is 2.70. The summed E-state index contributed by atoms with van der Waals surface area (Å²) in [6, 6.07) is 16.6. The zero-order valence-corrected chi connectivity index (χ0v) is 13.7. The van der Waals surface area contributed by atoms with Gasteiger partial charge in [-0.1, -0.05) is 48.5 Å². The highest BCUT2D eigenvalue weighted by Gasteiger charge is 2.39. The van der Waals surface area contributed by atoms with E-state index in [4.69, 9.17) is 10.5 Å². The summed E-state index contributed by atoms with van der Waals surface area (Å²) in [6.07, 6.45) is 1.18. The Morgan fingerprint density at radius 2 is 1.42 bits per heavy atom. The maximum atomic E-state index is 13.2. The second-order valence-electron chi connectivity index (χ2n) is 6.74. The number of hydrogen-bond acceptors (Lipinski definition) is 3. The van der Waals surface area contributed by atoms with Gasteiger partial charge in [-0.3, -0.25) is 4.79 Å². The summed E-state index contributed by atoms with van der Waals surface area (Å²) in [5, 5.41) is 0. The quantitative estimate of drug-likeness (QED) is 0.878. The molecule has 0 unspecified atom stereocenters. The maximum Gasteiger partial charge on any atom is 0.243 e. The molecule has 2 aromatic rings. The van der Waals surface area contributed by atoms with Crippen molar-refractivity contribution in [3.05, 3.63) is 59.7 Å². The molecule has 4 heteroatoms. The van der Waals surface area contributed by atoms with E-state index >= 15 is 0 Å². The third-order valence-corrected chi connectivity index (χ3v) is 5.15. The molecule has 2 N–H and O–H groups in total. The highest BCUT2D eigenvalue weighted by molar-refractivity contribution is 5.87. The lowest BCUT2D eigenvalue weighted by molar-refractivity contribution is -0.141. The third kappa shape index (κ3) is 2.62. The van der Waals surface area contributed by atoms with Crippen molar-refractivity contribution in [1.29, 1.82) is 0 Å². The van der Waals surface area contributed by atoms with Crippen LogP contribution in [0.1, 0.15) is 24.0 Å². The van der Waals surface area contributed by atoms with E-state index < -0.39 is 5.54 Å². The van der Waals surface area contributed by atoms with E-state index in [1.165, 1.54) is 22.3 Å². The van der Waals surface area contributed by atoms with Crippen molar-refractivity contribution >= 4 is 5.91 Å². The fourth-order valence-corrected chi connectivity index (χ4v) is 3.72. The van der Waals surface area contributed by atoms with Crippen molar-refractivity contribution in [1.82, 2.24) is 4.90 Å². The number of fused-ring (bicyclic) bond motifs is 3. The van der Waals surface area contributed by atoms with Crippen molar-refractivity contribution in [2.75, 3.05) is 13.2 Å². The monoisotopic (exact) mass is 322 g/mol. The van der Waals surface area contributed by atoms with E-state index in [0.29, 0.717) is 39.1 Å². The molecule has 0 spiro atoms. The Morgan fingerprint density at radius 1 is 0.917 bits per heavy atom. The largest absolute Gasteiger partial charge is 0.381 e. The molecule has 1 fully saturated rings. The molecule has 0 radical (unpaired) electrons. The van der Waals surface area contributed by atoms with Gasteiger partial charge in [-0.2, -0.15) is 0 Å². The van der Waals surface area contributed by atoms with Crippen LogP contribution in [0.2, 0.25) is 0 Å². The first kappa shape index (κ1) is 15.4. The maximum absolute atomic E-state index is 13.2. The van der Waals surface area contributed by atoms with Crippen molar-refractivity contribution in [2.45, 2.75) is 31.5 Å². The number of nitrogens with two attached hydrogens (primary N) is 1. The zero-order chi connectivity index (χ0) is 16.6. The van der Waals surface area contributed by atoms with Crippen LogP contribution < -0.4 is 5.73 Å². The van der Waals surface area contributed by atoms with Gasteiger partial charge in [0.1, 0.15) is 0 Å². The Balaban J connectivity index is 1.73. The molecule has 0 saturated carbocycles. The van der Waals surface area contributed by atoms with Crippen molar-refractivity contribution < 1.29 is 9.53 Å². The fraction of sp³-hybridized carbons (Fsp3) is 0.350. The number of carbonyl (C=O) groups is 1. The molecule has 1 saturated heterocycles. The fourth-order valence-electron chi connectivity index (χ4n) is 3.72. The molecule has 124 valence electrons. The SMILES string of the molecule is NC1(C(=O)N2Cc3ccccc3-c3ccccc3C2)CCOCC1. The van der Waals surface area contributed by atoms with Gasteiger partial charge in [0.25, 0.3) is 0 Å². The molecule has 2 heterocycles. The average Bonchev–Trinajstić information content (AvgIpc) is 2.78. The van der Waals surface area contributed by atoms with Crippen LogP contribution in [-0.4, -0.2) is 29.6 Å². The minimum atomic E-state index is -0.799. The molecule has 2 aliphatic heterocycles. The second kappa shape index (κ2) is 6.04. The molecule has 0 aromatic heterocycles. The number of ether oxygens (including phenoxy) is 1. The molecule has 24 heavy (non-hydrogen) atoms. The van der Waals surface area contributed by atoms with Gasteiger partial charge >= 0.3 is 0 Å². The van der Waals surface area contributed by atoms with E-state index in [-0.39, 0.29) is 5.91 Å². The summed E-state index contributed by atoms with van der Waals surface area (Å²) in [5.41, 5.74) is 10.4. The number of amides is 1. The van der Waals surface area contributed by atoms with Gasteiger partial charge in [-0.25, -0.2) is 0 Å². The minimum Gasteiger partial charge on any atom is -0.381 e. The minimum absolute atomic E-state index is 0.0392. The number of rotatable bonds is 1. The van der Waals surface area contributed by atoms with Crippen LogP contribution in [0.5, 0.6) is 0 Å². The van der Waals surface area contributed by atoms with Gasteiger partial charge in [0, 0.05) is 26.3 Å². The molecular formula is C20H22N2O2. The first-order valence-electron chi connectivity index (χ1n) is 8.50. The third-order valence-electron chi connectivity index (χ3n) is 5.15. The van der Waals surface area contributed by atoms with Crippen LogP contribution >= 0.6 is 0 Å². The Bertz CT molecular complexity index is 718. The molecule has 0 atom stereocenters. The molecule has 0 bridgehead atoms. The molecule has 4 nitrogen and oxygen atoms in total. The van der Waals surface area contributed by atoms with Crippen molar-refractivity contribution in [3.63, 3.8) is 0 Å². The molecule has 2 aliphatic rings. The normalized spacial score (nSPS) is 19.1. The lowest BCUT2D eigenvalue weighted by Gasteiger charge is -2.36. The van der Waals surface area contributed by atoms with Crippen LogP contribution in [0.15, 0.2) is 48.5 Å². The van der Waals surface area contributed by atoms with Gasteiger partial charge < -0.3 is 15.4 Å². The molecule has 0 aliphatic carbocycles. The Kier molecular flexibility index (Phi) is 3.87. The van der Waals surface area contributed by atoms with Crippen molar-refractivity contribution in [3.8, 4) is 11.1 Å². The number of nitrogens with zero attached hydrogens (tertiary/aromatic N) is 1. The lowest BCUT2D eigenvalue weighted by atomic mass is 9.89. The van der Waals surface area contributed by atoms with Gasteiger partial charge in [0.05, 0.1) is 5.54 Å². The van der Waals surface area contributed by atoms with E-state index in [2.05, 4.69) is 36.4 Å². The van der Waals surface area contributed by atoms with E-state index in [1.54, 1.807) is 0 Å². The number of benzene rings is 2. The number of carbonyl (C=O) groups excluding carboxylic acids is 1. The Hall–Kier alpha value is -2.17. The van der Waals surface area contributed by atoms with Crippen LogP contribution in [0.25, 0.3) is 11.1 Å². The van der Waals surface area contributed by atoms with Gasteiger partial charge in [-0.05, 0) is 35.1 Å². The van der Waals surface area contributed by atoms with Crippen LogP contribution in [0, 0.1) is 0 Å². The highest BCUT2D eigenvalue weighted by Crippen LogP contribution is 2.33. The first-order chi connectivity index (χ1) is 11.7. The smallest absolute Gasteiger partial charge is 0.243 e. The standard InChI is InChI=1S/C20H22N2O2/c21-20(9-11-24-12-10-20)19(23)22-13-15-5-1-3-7-17(15)18-8-4-2-6-16(18)14-22/h1-8H,9-14,21H2. The zero-order valence-electron chi connectivity index (χ0n) is 13.7. The molecule has 4 rings (SSSR count). The summed E-state index contributed by atoms with van der Waals surface area (Å²) < 4.78 is 5.39. The predicted molar refractivity (Wildman–Crippen MR) is 93.1 cm³/mol. The molecule has 2 aromatic carbocycles. The lowest BCUT2D eigenvalue weighted by Crippen LogP contribution is -2.57. The molecular weight excluding hydrogens is 300 g/mol. The van der Waals surface area contributed by atoms with E-state index in [0.717, 1.165) is 0 Å². The summed E-state index contributed by atoms with van der Waals surface area (Å²) in [4.78, 5) is 15.1. The van der Waals surface area contributed by atoms with Crippen LogP contribution in [-0.2, 0) is 22.6 Å². The van der Waals surface area contributed by atoms with Gasteiger partial charge in [-0.15, -0.1) is 0 Å². The Labute approximate surface area is 142 Å². The second-order valence-corrected chi connectivity index (χ2v) is 6.74. The van der Waals surface area contributed by atoms with Crippen molar-refractivity contribution in [2.24, 2.45) is 5.73 Å². The summed E-state index contributed by atoms with van der Waals surface area (Å²) in [5.74, 6) is 0.0392. The summed E-state index contributed by atoms with van der Waals surface area (Å²) in [6.45, 7) is 2.32. The van der Waals surface area contributed by atoms with Gasteiger partial charge in [0.2, 0.25) is 5.91 Å². The molecule has 1 amide bonds. The van der Waals surface area contributed by atoms with Crippen LogP contribution in [0.3, 0.4) is 0 Å². The summed E-state index contributed by atoms with van der Waals surface area (Å²) in [7, 11) is 0. The van der Waals surface area contributed by atoms with E-state index in [9.17, 15) is 4.79 Å². The number of hydrogen-bond donors (Lipinski definition) is 1. The van der Waals surface area contributed by atoms with Gasteiger partial charge in [0.15, 0.2) is 0 Å². The Morgan fingerprint density at radius 3 is 1.96 bits per heavy atom. The van der Waals surface area contributed by atoms with Crippen LogP contribution in [0.4, 0.5) is 0 Å². The van der Waals surface area contributed by atoms with E-state index in [1.807, 2.05) is 17.0 Å². The highest BCUT2D eigenvalue weighted by atomic mass is 16.5.